The number of hydrogen-bond acceptors (Lipinski definition) is 5. The van der Waals surface area contributed by atoms with Gasteiger partial charge in [0.1, 0.15) is 15.8 Å². The van der Waals surface area contributed by atoms with Crippen LogP contribution >= 0.6 is 23.2 Å². The van der Waals surface area contributed by atoms with Gasteiger partial charge < -0.3 is 10.1 Å². The van der Waals surface area contributed by atoms with E-state index >= 15 is 0 Å². The molecular weight excluding hydrogens is 563 g/mol. The molecule has 4 aliphatic rings. The van der Waals surface area contributed by atoms with Crippen molar-refractivity contribution < 1.29 is 23.9 Å². The van der Waals surface area contributed by atoms with Gasteiger partial charge in [0.2, 0.25) is 17.7 Å². The number of esters is 1. The lowest BCUT2D eigenvalue weighted by atomic mass is 9.54. The molecule has 0 radical (unpaired) electrons. The summed E-state index contributed by atoms with van der Waals surface area (Å²) in [5.41, 5.74) is 3.55. The minimum Gasteiger partial charge on any atom is -0.462 e. The molecule has 0 saturated carbocycles. The number of rotatable bonds is 6. The Balaban J connectivity index is 1.39. The number of ether oxygens (including phenoxy) is 1. The Kier molecular flexibility index (Phi) is 6.51. The highest BCUT2D eigenvalue weighted by atomic mass is 35.5. The Hall–Kier alpha value is -3.68. The van der Waals surface area contributed by atoms with Gasteiger partial charge in [0, 0.05) is 5.69 Å². The summed E-state index contributed by atoms with van der Waals surface area (Å²) in [5.74, 6) is -4.43. The van der Waals surface area contributed by atoms with Crippen molar-refractivity contribution in [1.82, 2.24) is 4.90 Å². The quantitative estimate of drug-likeness (QED) is 0.235. The SMILES string of the molecule is CCOC(=O)c1ccc(NC(=O)[C@H](C(C)C)N2C(=O)[C@H]3[C@H](C2=O)C2(Cl)c4ccccc4C3(Cl)c3ccccc32)cc1. The molecule has 0 unspecified atom stereocenters. The van der Waals surface area contributed by atoms with E-state index in [0.29, 0.717) is 33.5 Å². The topological polar surface area (TPSA) is 92.8 Å². The Morgan fingerprint density at radius 3 is 1.66 bits per heavy atom. The molecule has 210 valence electrons. The number of imide groups is 1. The number of carbonyl (C=O) groups is 4. The summed E-state index contributed by atoms with van der Waals surface area (Å²) in [7, 11) is 0. The molecule has 41 heavy (non-hydrogen) atoms. The first-order chi connectivity index (χ1) is 19.6. The van der Waals surface area contributed by atoms with Gasteiger partial charge in [-0.1, -0.05) is 62.4 Å². The van der Waals surface area contributed by atoms with Crippen molar-refractivity contribution in [3.05, 3.63) is 101 Å². The van der Waals surface area contributed by atoms with Crippen LogP contribution in [-0.4, -0.2) is 41.2 Å². The number of nitrogens with one attached hydrogen (secondary N) is 1. The second-order valence-corrected chi connectivity index (χ2v) is 12.2. The molecule has 0 spiro atoms. The number of benzene rings is 3. The molecule has 1 N–H and O–H groups in total. The fourth-order valence-electron chi connectivity index (χ4n) is 6.80. The summed E-state index contributed by atoms with van der Waals surface area (Å²) >= 11 is 15.0. The number of amides is 3. The van der Waals surface area contributed by atoms with Gasteiger partial charge in [0.15, 0.2) is 0 Å². The minimum atomic E-state index is -1.32. The molecule has 3 aromatic carbocycles. The van der Waals surface area contributed by atoms with Crippen molar-refractivity contribution in [2.75, 3.05) is 11.9 Å². The van der Waals surface area contributed by atoms with Crippen molar-refractivity contribution in [3.8, 4) is 0 Å². The van der Waals surface area contributed by atoms with Crippen LogP contribution in [0.25, 0.3) is 0 Å². The third-order valence-corrected chi connectivity index (χ3v) is 9.75. The van der Waals surface area contributed by atoms with Crippen LogP contribution in [0.3, 0.4) is 0 Å². The maximum absolute atomic E-state index is 14.3. The predicted octanol–water partition coefficient (Wildman–Crippen LogP) is 5.42. The van der Waals surface area contributed by atoms with E-state index in [1.54, 1.807) is 45.0 Å². The average molecular weight is 591 g/mol. The van der Waals surface area contributed by atoms with Gasteiger partial charge in [0.25, 0.3) is 0 Å². The summed E-state index contributed by atoms with van der Waals surface area (Å²) in [5, 5.41) is 2.81. The fraction of sp³-hybridized carbons (Fsp3) is 0.312. The third kappa shape index (κ3) is 3.71. The van der Waals surface area contributed by atoms with Gasteiger partial charge in [0.05, 0.1) is 24.0 Å². The molecule has 1 saturated heterocycles. The summed E-state index contributed by atoms with van der Waals surface area (Å²) in [6.07, 6.45) is 0. The first-order valence-corrected chi connectivity index (χ1v) is 14.3. The molecule has 7 nitrogen and oxygen atoms in total. The molecule has 1 fully saturated rings. The molecule has 1 heterocycles. The zero-order valence-electron chi connectivity index (χ0n) is 22.7. The molecule has 3 amide bonds. The average Bonchev–Trinajstić information content (AvgIpc) is 3.23. The number of anilines is 1. The van der Waals surface area contributed by atoms with Crippen LogP contribution in [0.1, 0.15) is 53.4 Å². The molecule has 3 aliphatic carbocycles. The Bertz CT molecular complexity index is 1480. The number of hydrogen-bond donors (Lipinski definition) is 1. The van der Waals surface area contributed by atoms with Gasteiger partial charge in [-0.3, -0.25) is 19.3 Å². The second-order valence-electron chi connectivity index (χ2n) is 11.0. The molecule has 3 atom stereocenters. The van der Waals surface area contributed by atoms with Crippen LogP contribution in [0.15, 0.2) is 72.8 Å². The lowest BCUT2D eigenvalue weighted by Crippen LogP contribution is -2.57. The van der Waals surface area contributed by atoms with Gasteiger partial charge in [-0.15, -0.1) is 23.2 Å². The summed E-state index contributed by atoms with van der Waals surface area (Å²) in [4.78, 5) is 52.8. The van der Waals surface area contributed by atoms with Crippen molar-refractivity contribution in [3.63, 3.8) is 0 Å². The molecular formula is C32H28Cl2N2O5. The lowest BCUT2D eigenvalue weighted by Gasteiger charge is -2.54. The van der Waals surface area contributed by atoms with Crippen molar-refractivity contribution >= 4 is 52.6 Å². The van der Waals surface area contributed by atoms with Crippen LogP contribution in [0.5, 0.6) is 0 Å². The van der Waals surface area contributed by atoms with Crippen molar-refractivity contribution in [2.45, 2.75) is 36.6 Å². The molecule has 2 bridgehead atoms. The second kappa shape index (κ2) is 9.71. The van der Waals surface area contributed by atoms with Crippen LogP contribution < -0.4 is 5.32 Å². The normalized spacial score (nSPS) is 26.3. The van der Waals surface area contributed by atoms with E-state index in [1.165, 1.54) is 0 Å². The Morgan fingerprint density at radius 2 is 1.27 bits per heavy atom. The zero-order valence-corrected chi connectivity index (χ0v) is 24.2. The highest BCUT2D eigenvalue weighted by Crippen LogP contribution is 2.69. The van der Waals surface area contributed by atoms with E-state index in [-0.39, 0.29) is 6.61 Å². The van der Waals surface area contributed by atoms with Gasteiger partial charge in [-0.05, 0) is 59.4 Å². The maximum atomic E-state index is 14.3. The van der Waals surface area contributed by atoms with E-state index in [0.717, 1.165) is 4.90 Å². The highest BCUT2D eigenvalue weighted by molar-refractivity contribution is 6.36. The fourth-order valence-corrected chi connectivity index (χ4v) is 7.90. The van der Waals surface area contributed by atoms with Crippen LogP contribution in [0.4, 0.5) is 5.69 Å². The van der Waals surface area contributed by atoms with E-state index in [9.17, 15) is 19.2 Å². The smallest absolute Gasteiger partial charge is 0.338 e. The highest BCUT2D eigenvalue weighted by Gasteiger charge is 2.73. The number of halogens is 2. The Morgan fingerprint density at radius 1 is 0.829 bits per heavy atom. The van der Waals surface area contributed by atoms with Crippen LogP contribution in [0, 0.1) is 17.8 Å². The minimum absolute atomic E-state index is 0.247. The first-order valence-electron chi connectivity index (χ1n) is 13.6. The molecule has 7 rings (SSSR count). The van der Waals surface area contributed by atoms with Gasteiger partial charge >= 0.3 is 5.97 Å². The van der Waals surface area contributed by atoms with E-state index in [1.807, 2.05) is 48.5 Å². The number of nitrogens with zero attached hydrogens (tertiary/aromatic N) is 1. The van der Waals surface area contributed by atoms with Gasteiger partial charge in [-0.2, -0.15) is 0 Å². The summed E-state index contributed by atoms with van der Waals surface area (Å²) < 4.78 is 5.01. The number of alkyl halides is 2. The monoisotopic (exact) mass is 590 g/mol. The van der Waals surface area contributed by atoms with E-state index in [2.05, 4.69) is 5.32 Å². The third-order valence-electron chi connectivity index (χ3n) is 8.46. The van der Waals surface area contributed by atoms with E-state index in [4.69, 9.17) is 27.9 Å². The summed E-state index contributed by atoms with van der Waals surface area (Å²) in [6.45, 7) is 5.52. The van der Waals surface area contributed by atoms with Crippen LogP contribution in [0.2, 0.25) is 0 Å². The molecule has 0 aromatic heterocycles. The number of likely N-dealkylation sites (tertiary alicyclic amines) is 1. The number of carbonyl (C=O) groups excluding carboxylic acids is 4. The standard InChI is InChI=1S/C32H28Cl2N2O5/c1-4-41-30(40)18-13-15-19(16-14-18)35-27(37)26(17(2)3)36-28(38)24-25(29(36)39)32(34)21-10-6-5-9-20(21)31(24,33)22-11-7-8-12-23(22)32/h5-17,24-26H,4H2,1-3H3,(H,35,37)/t24-,25-,26+,31?,32?/m1/s1. The summed E-state index contributed by atoms with van der Waals surface area (Å²) in [6, 6.07) is 19.9. The molecule has 9 heteroatoms. The maximum Gasteiger partial charge on any atom is 0.338 e. The predicted molar refractivity (Wildman–Crippen MR) is 155 cm³/mol. The first kappa shape index (κ1) is 27.5. The lowest BCUT2D eigenvalue weighted by molar-refractivity contribution is -0.148. The van der Waals surface area contributed by atoms with Crippen molar-refractivity contribution in [2.24, 2.45) is 17.8 Å². The van der Waals surface area contributed by atoms with Crippen molar-refractivity contribution in [1.29, 1.82) is 0 Å². The Labute approximate surface area is 247 Å². The molecule has 1 aliphatic heterocycles. The largest absolute Gasteiger partial charge is 0.462 e. The zero-order chi connectivity index (χ0) is 29.3. The van der Waals surface area contributed by atoms with E-state index < -0.39 is 57.2 Å². The molecule has 3 aromatic rings. The van der Waals surface area contributed by atoms with Gasteiger partial charge in [-0.25, -0.2) is 4.79 Å². The van der Waals surface area contributed by atoms with Crippen LogP contribution in [-0.2, 0) is 28.9 Å².